The van der Waals surface area contributed by atoms with Crippen molar-refractivity contribution in [2.24, 2.45) is 0 Å². The lowest BCUT2D eigenvalue weighted by Gasteiger charge is -2.13. The van der Waals surface area contributed by atoms with Gasteiger partial charge in [-0.05, 0) is 19.8 Å². The number of hydrogen-bond acceptors (Lipinski definition) is 4. The summed E-state index contributed by atoms with van der Waals surface area (Å²) in [7, 11) is 0. The van der Waals surface area contributed by atoms with Crippen LogP contribution in [0.3, 0.4) is 0 Å². The zero-order valence-corrected chi connectivity index (χ0v) is 7.86. The average molecular weight is 188 g/mol. The second-order valence-corrected chi connectivity index (χ2v) is 3.14. The summed E-state index contributed by atoms with van der Waals surface area (Å²) in [5, 5.41) is 9.35. The largest absolute Gasteiger partial charge is 0.464 e. The minimum atomic E-state index is -1.02. The molecule has 1 rings (SSSR count). The second-order valence-electron chi connectivity index (χ2n) is 3.14. The molecule has 1 saturated heterocycles. The first kappa shape index (κ1) is 10.5. The van der Waals surface area contributed by atoms with E-state index in [1.165, 1.54) is 0 Å². The lowest BCUT2D eigenvalue weighted by atomic mass is 10.1. The summed E-state index contributed by atoms with van der Waals surface area (Å²) >= 11 is 0. The molecule has 1 aliphatic heterocycles. The highest BCUT2D eigenvalue weighted by atomic mass is 16.5. The third kappa shape index (κ3) is 3.32. The van der Waals surface area contributed by atoms with Crippen LogP contribution >= 0.6 is 0 Å². The van der Waals surface area contributed by atoms with Gasteiger partial charge in [0.15, 0.2) is 6.10 Å². The molecule has 4 heteroatoms. The molecule has 76 valence electrons. The first-order valence-corrected chi connectivity index (χ1v) is 4.70. The highest BCUT2D eigenvalue weighted by molar-refractivity contribution is 5.74. The zero-order valence-electron chi connectivity index (χ0n) is 7.86. The third-order valence-corrected chi connectivity index (χ3v) is 2.07. The maximum absolute atomic E-state index is 11.0. The van der Waals surface area contributed by atoms with Gasteiger partial charge in [0.2, 0.25) is 0 Å². The fourth-order valence-corrected chi connectivity index (χ4v) is 1.41. The van der Waals surface area contributed by atoms with Gasteiger partial charge in [0, 0.05) is 13.0 Å². The van der Waals surface area contributed by atoms with Crippen molar-refractivity contribution >= 4 is 5.97 Å². The molecule has 2 unspecified atom stereocenters. The van der Waals surface area contributed by atoms with Gasteiger partial charge >= 0.3 is 5.97 Å². The standard InChI is InChI=1S/C9H16O4/c1-2-12-9(11)8(10)6-7-4-3-5-13-7/h7-8,10H,2-6H2,1H3. The minimum Gasteiger partial charge on any atom is -0.464 e. The number of aliphatic hydroxyl groups is 1. The van der Waals surface area contributed by atoms with Crippen LogP contribution in [0.15, 0.2) is 0 Å². The molecule has 0 amide bonds. The van der Waals surface area contributed by atoms with Crippen LogP contribution < -0.4 is 0 Å². The van der Waals surface area contributed by atoms with Gasteiger partial charge in [-0.15, -0.1) is 0 Å². The zero-order chi connectivity index (χ0) is 9.68. The number of carbonyl (C=O) groups is 1. The van der Waals surface area contributed by atoms with Crippen LogP contribution in [0.4, 0.5) is 0 Å². The molecule has 1 heterocycles. The molecule has 13 heavy (non-hydrogen) atoms. The molecule has 0 bridgehead atoms. The minimum absolute atomic E-state index is 0.0272. The summed E-state index contributed by atoms with van der Waals surface area (Å²) in [4.78, 5) is 11.0. The maximum Gasteiger partial charge on any atom is 0.335 e. The first-order valence-electron chi connectivity index (χ1n) is 4.70. The van der Waals surface area contributed by atoms with Crippen LogP contribution in [-0.4, -0.2) is 36.5 Å². The summed E-state index contributed by atoms with van der Waals surface area (Å²) in [5.41, 5.74) is 0. The van der Waals surface area contributed by atoms with Crippen molar-refractivity contribution in [3.05, 3.63) is 0 Å². The molecule has 1 fully saturated rings. The van der Waals surface area contributed by atoms with Crippen LogP contribution in [0.25, 0.3) is 0 Å². The average Bonchev–Trinajstić information content (AvgIpc) is 2.57. The third-order valence-electron chi connectivity index (χ3n) is 2.07. The molecule has 0 spiro atoms. The maximum atomic E-state index is 11.0. The van der Waals surface area contributed by atoms with Gasteiger partial charge in [-0.1, -0.05) is 0 Å². The molecule has 0 saturated carbocycles. The Bertz CT molecular complexity index is 163. The predicted octanol–water partition coefficient (Wildman–Crippen LogP) is 0.479. The van der Waals surface area contributed by atoms with E-state index in [1.807, 2.05) is 0 Å². The lowest BCUT2D eigenvalue weighted by Crippen LogP contribution is -2.27. The predicted molar refractivity (Wildman–Crippen MR) is 46.2 cm³/mol. The van der Waals surface area contributed by atoms with E-state index >= 15 is 0 Å². The monoisotopic (exact) mass is 188 g/mol. The molecule has 1 aliphatic rings. The fourth-order valence-electron chi connectivity index (χ4n) is 1.41. The second kappa shape index (κ2) is 5.19. The van der Waals surface area contributed by atoms with E-state index in [-0.39, 0.29) is 6.10 Å². The van der Waals surface area contributed by atoms with Gasteiger partial charge in [-0.3, -0.25) is 0 Å². The molecular formula is C9H16O4. The molecule has 2 atom stereocenters. The molecular weight excluding hydrogens is 172 g/mol. The highest BCUT2D eigenvalue weighted by Crippen LogP contribution is 2.17. The summed E-state index contributed by atoms with van der Waals surface area (Å²) in [6.45, 7) is 2.76. The van der Waals surface area contributed by atoms with E-state index in [2.05, 4.69) is 4.74 Å². The van der Waals surface area contributed by atoms with Gasteiger partial charge in [-0.25, -0.2) is 4.79 Å². The van der Waals surface area contributed by atoms with Crippen molar-refractivity contribution in [2.75, 3.05) is 13.2 Å². The Morgan fingerprint density at radius 3 is 3.08 bits per heavy atom. The Hall–Kier alpha value is -0.610. The van der Waals surface area contributed by atoms with Gasteiger partial charge in [0.1, 0.15) is 0 Å². The molecule has 0 radical (unpaired) electrons. The van der Waals surface area contributed by atoms with Gasteiger partial charge in [-0.2, -0.15) is 0 Å². The SMILES string of the molecule is CCOC(=O)C(O)CC1CCCO1. The van der Waals surface area contributed by atoms with Crippen LogP contribution in [0, 0.1) is 0 Å². The van der Waals surface area contributed by atoms with Crippen molar-refractivity contribution in [3.63, 3.8) is 0 Å². The van der Waals surface area contributed by atoms with Crippen molar-refractivity contribution in [3.8, 4) is 0 Å². The van der Waals surface area contributed by atoms with Crippen molar-refractivity contribution in [1.29, 1.82) is 0 Å². The van der Waals surface area contributed by atoms with Crippen LogP contribution in [0.5, 0.6) is 0 Å². The smallest absolute Gasteiger partial charge is 0.335 e. The Labute approximate surface area is 77.8 Å². The number of hydrogen-bond donors (Lipinski definition) is 1. The van der Waals surface area contributed by atoms with E-state index in [0.717, 1.165) is 19.4 Å². The normalized spacial score (nSPS) is 24.3. The van der Waals surface area contributed by atoms with Crippen LogP contribution in [0.1, 0.15) is 26.2 Å². The molecule has 0 aromatic carbocycles. The number of carbonyl (C=O) groups excluding carboxylic acids is 1. The Kier molecular flexibility index (Phi) is 4.18. The number of esters is 1. The van der Waals surface area contributed by atoms with Crippen LogP contribution in [-0.2, 0) is 14.3 Å². The van der Waals surface area contributed by atoms with E-state index in [1.54, 1.807) is 6.92 Å². The summed E-state index contributed by atoms with van der Waals surface area (Å²) in [5.74, 6) is -0.544. The van der Waals surface area contributed by atoms with E-state index in [9.17, 15) is 9.90 Å². The Morgan fingerprint density at radius 2 is 2.54 bits per heavy atom. The molecule has 4 nitrogen and oxygen atoms in total. The number of ether oxygens (including phenoxy) is 2. The Balaban J connectivity index is 2.22. The van der Waals surface area contributed by atoms with E-state index in [4.69, 9.17) is 4.74 Å². The van der Waals surface area contributed by atoms with E-state index < -0.39 is 12.1 Å². The van der Waals surface area contributed by atoms with Crippen molar-refractivity contribution in [1.82, 2.24) is 0 Å². The van der Waals surface area contributed by atoms with Crippen molar-refractivity contribution < 1.29 is 19.4 Å². The molecule has 0 aromatic rings. The van der Waals surface area contributed by atoms with Gasteiger partial charge < -0.3 is 14.6 Å². The van der Waals surface area contributed by atoms with Gasteiger partial charge in [0.05, 0.1) is 12.7 Å². The topological polar surface area (TPSA) is 55.8 Å². The highest BCUT2D eigenvalue weighted by Gasteiger charge is 2.24. The Morgan fingerprint density at radius 1 is 1.77 bits per heavy atom. The molecule has 0 aliphatic carbocycles. The van der Waals surface area contributed by atoms with Crippen LogP contribution in [0.2, 0.25) is 0 Å². The first-order chi connectivity index (χ1) is 6.24. The molecule has 0 aromatic heterocycles. The fraction of sp³-hybridized carbons (Fsp3) is 0.889. The number of aliphatic hydroxyl groups excluding tert-OH is 1. The lowest BCUT2D eigenvalue weighted by molar-refractivity contribution is -0.154. The summed E-state index contributed by atoms with van der Waals surface area (Å²) in [6, 6.07) is 0. The van der Waals surface area contributed by atoms with Crippen molar-refractivity contribution in [2.45, 2.75) is 38.4 Å². The summed E-state index contributed by atoms with van der Waals surface area (Å²) in [6.07, 6.45) is 1.30. The summed E-state index contributed by atoms with van der Waals surface area (Å²) < 4.78 is 9.95. The van der Waals surface area contributed by atoms with Gasteiger partial charge in [0.25, 0.3) is 0 Å². The number of rotatable bonds is 4. The van der Waals surface area contributed by atoms with E-state index in [0.29, 0.717) is 13.0 Å². The molecule has 1 N–H and O–H groups in total. The quantitative estimate of drug-likeness (QED) is 0.652.